The number of nitrogens with zero attached hydrogens (tertiary/aromatic N) is 1. The smallest absolute Gasteiger partial charge is 0.154 e. The van der Waals surface area contributed by atoms with Gasteiger partial charge in [-0.15, -0.1) is 0 Å². The third-order valence-corrected chi connectivity index (χ3v) is 5.70. The Hall–Kier alpha value is 0.260. The number of unbranched alkanes of at least 4 members (excludes halogenated alkanes) is 1. The van der Waals surface area contributed by atoms with Crippen molar-refractivity contribution < 1.29 is 8.42 Å². The molecule has 0 saturated heterocycles. The molecule has 1 atom stereocenters. The highest BCUT2D eigenvalue weighted by Gasteiger charge is 2.30. The van der Waals surface area contributed by atoms with Crippen LogP contribution < -0.4 is 0 Å². The number of halogens is 4. The Morgan fingerprint density at radius 1 is 1.11 bits per heavy atom. The molecule has 3 nitrogen and oxygen atoms in total. The summed E-state index contributed by atoms with van der Waals surface area (Å²) in [6.07, 6.45) is 3.13. The van der Waals surface area contributed by atoms with Crippen LogP contribution in [0.4, 0.5) is 0 Å². The summed E-state index contributed by atoms with van der Waals surface area (Å²) in [5.74, 6) is 0. The lowest BCUT2D eigenvalue weighted by molar-refractivity contribution is 0.574. The van der Waals surface area contributed by atoms with Crippen LogP contribution in [0.25, 0.3) is 0 Å². The van der Waals surface area contributed by atoms with E-state index in [1.165, 1.54) is 0 Å². The van der Waals surface area contributed by atoms with Gasteiger partial charge in [-0.1, -0.05) is 66.2 Å². The molecule has 1 aromatic heterocycles. The third kappa shape index (κ3) is 4.11. The van der Waals surface area contributed by atoms with Gasteiger partial charge in [-0.3, -0.25) is 0 Å². The van der Waals surface area contributed by atoms with Crippen LogP contribution in [0.1, 0.15) is 37.0 Å². The van der Waals surface area contributed by atoms with Crippen LogP contribution in [0, 0.1) is 0 Å². The van der Waals surface area contributed by atoms with Gasteiger partial charge < -0.3 is 0 Å². The number of pyridine rings is 1. The first-order chi connectivity index (χ1) is 8.70. The fourth-order valence-electron chi connectivity index (χ4n) is 1.75. The minimum absolute atomic E-state index is 0.0441. The number of hydrogen-bond donors (Lipinski definition) is 0. The maximum atomic E-state index is 11.9. The fourth-order valence-corrected chi connectivity index (χ4v) is 4.14. The van der Waals surface area contributed by atoms with Crippen molar-refractivity contribution in [3.05, 3.63) is 25.9 Å². The third-order valence-electron chi connectivity index (χ3n) is 2.69. The highest BCUT2D eigenvalue weighted by Crippen LogP contribution is 2.42. The molecule has 1 heterocycles. The van der Waals surface area contributed by atoms with Gasteiger partial charge in [0.1, 0.15) is 10.3 Å². The van der Waals surface area contributed by atoms with Crippen molar-refractivity contribution in [2.45, 2.75) is 31.4 Å². The largest absolute Gasteiger partial charge is 0.228 e. The lowest BCUT2D eigenvalue weighted by Crippen LogP contribution is -2.13. The molecule has 0 bridgehead atoms. The summed E-state index contributed by atoms with van der Waals surface area (Å²) >= 11 is 23.8. The van der Waals surface area contributed by atoms with Crippen LogP contribution >= 0.6 is 46.4 Å². The SMILES string of the molecule is CCCCC(c1c(Cl)c(Cl)nc(Cl)c1Cl)S(C)(=O)=O. The molecule has 0 amide bonds. The van der Waals surface area contributed by atoms with E-state index in [1.54, 1.807) is 0 Å². The van der Waals surface area contributed by atoms with Crippen LogP contribution in [0.5, 0.6) is 0 Å². The molecule has 0 spiro atoms. The molecule has 0 radical (unpaired) electrons. The molecule has 0 N–H and O–H groups in total. The standard InChI is InChI=1S/C11H13Cl4NO2S/c1-3-4-5-6(19(2,17)18)7-8(12)10(14)16-11(15)9(7)13/h6H,3-5H2,1-2H3. The monoisotopic (exact) mass is 363 g/mol. The van der Waals surface area contributed by atoms with Gasteiger partial charge >= 0.3 is 0 Å². The minimum Gasteiger partial charge on any atom is -0.228 e. The predicted octanol–water partition coefficient (Wildman–Crippen LogP) is 4.97. The second-order valence-corrected chi connectivity index (χ2v) is 7.90. The van der Waals surface area contributed by atoms with Crippen LogP contribution in [0.3, 0.4) is 0 Å². The second-order valence-electron chi connectivity index (χ2n) is 4.20. The van der Waals surface area contributed by atoms with E-state index in [0.29, 0.717) is 6.42 Å². The molecule has 0 fully saturated rings. The van der Waals surface area contributed by atoms with Crippen molar-refractivity contribution >= 4 is 56.2 Å². The Bertz CT molecular complexity index is 548. The van der Waals surface area contributed by atoms with E-state index in [-0.39, 0.29) is 25.9 Å². The van der Waals surface area contributed by atoms with E-state index in [0.717, 1.165) is 19.1 Å². The zero-order valence-corrected chi connectivity index (χ0v) is 14.2. The quantitative estimate of drug-likeness (QED) is 0.692. The van der Waals surface area contributed by atoms with E-state index in [4.69, 9.17) is 46.4 Å². The minimum atomic E-state index is -3.38. The van der Waals surface area contributed by atoms with E-state index in [2.05, 4.69) is 4.98 Å². The molecule has 0 aliphatic heterocycles. The van der Waals surface area contributed by atoms with Gasteiger partial charge in [-0.2, -0.15) is 0 Å². The normalized spacial score (nSPS) is 13.6. The zero-order valence-electron chi connectivity index (χ0n) is 10.4. The van der Waals surface area contributed by atoms with Crippen molar-refractivity contribution in [3.8, 4) is 0 Å². The first kappa shape index (κ1) is 17.3. The molecule has 1 aromatic rings. The maximum absolute atomic E-state index is 11.9. The van der Waals surface area contributed by atoms with Crippen LogP contribution in [0.2, 0.25) is 20.4 Å². The summed E-state index contributed by atoms with van der Waals surface area (Å²) in [6, 6.07) is 0. The Balaban J connectivity index is 3.46. The van der Waals surface area contributed by atoms with Gasteiger partial charge in [0.25, 0.3) is 0 Å². The van der Waals surface area contributed by atoms with Crippen molar-refractivity contribution in [1.82, 2.24) is 4.98 Å². The van der Waals surface area contributed by atoms with Gasteiger partial charge in [-0.05, 0) is 6.42 Å². The number of rotatable bonds is 5. The molecule has 1 rings (SSSR count). The number of sulfone groups is 1. The Morgan fingerprint density at radius 3 is 1.95 bits per heavy atom. The van der Waals surface area contributed by atoms with Crippen LogP contribution in [0.15, 0.2) is 0 Å². The van der Waals surface area contributed by atoms with Gasteiger partial charge in [0.05, 0.1) is 15.3 Å². The molecule has 0 aliphatic carbocycles. The van der Waals surface area contributed by atoms with Crippen LogP contribution in [-0.2, 0) is 9.84 Å². The Labute approximate surface area is 133 Å². The first-order valence-corrected chi connectivity index (χ1v) is 9.05. The van der Waals surface area contributed by atoms with Crippen molar-refractivity contribution in [1.29, 1.82) is 0 Å². The van der Waals surface area contributed by atoms with Crippen LogP contribution in [-0.4, -0.2) is 19.7 Å². The molecule has 8 heteroatoms. The lowest BCUT2D eigenvalue weighted by Gasteiger charge is -2.19. The molecule has 0 saturated carbocycles. The molecular weight excluding hydrogens is 352 g/mol. The Morgan fingerprint density at radius 2 is 1.58 bits per heavy atom. The average molecular weight is 365 g/mol. The second kappa shape index (κ2) is 6.81. The number of hydrogen-bond acceptors (Lipinski definition) is 3. The van der Waals surface area contributed by atoms with Crippen molar-refractivity contribution in [3.63, 3.8) is 0 Å². The summed E-state index contributed by atoms with van der Waals surface area (Å²) in [7, 11) is -3.38. The average Bonchev–Trinajstić information content (AvgIpc) is 2.29. The van der Waals surface area contributed by atoms with E-state index >= 15 is 0 Å². The van der Waals surface area contributed by atoms with Gasteiger partial charge in [0, 0.05) is 11.8 Å². The van der Waals surface area contributed by atoms with E-state index < -0.39 is 15.1 Å². The maximum Gasteiger partial charge on any atom is 0.154 e. The summed E-state index contributed by atoms with van der Waals surface area (Å²) in [4.78, 5) is 3.75. The highest BCUT2D eigenvalue weighted by atomic mass is 35.5. The molecule has 0 aromatic carbocycles. The summed E-state index contributed by atoms with van der Waals surface area (Å²) < 4.78 is 23.9. The first-order valence-electron chi connectivity index (χ1n) is 5.58. The summed E-state index contributed by atoms with van der Waals surface area (Å²) in [5.41, 5.74) is 0.240. The predicted molar refractivity (Wildman–Crippen MR) is 81.4 cm³/mol. The van der Waals surface area contributed by atoms with Gasteiger partial charge in [0.15, 0.2) is 9.84 Å². The summed E-state index contributed by atoms with van der Waals surface area (Å²) in [5, 5.41) is -0.830. The van der Waals surface area contributed by atoms with Gasteiger partial charge in [-0.25, -0.2) is 13.4 Å². The molecule has 0 aliphatic rings. The molecule has 19 heavy (non-hydrogen) atoms. The zero-order chi connectivity index (χ0) is 14.8. The Kier molecular flexibility index (Phi) is 6.21. The van der Waals surface area contributed by atoms with Crippen molar-refractivity contribution in [2.24, 2.45) is 0 Å². The number of aromatic nitrogens is 1. The fraction of sp³-hybridized carbons (Fsp3) is 0.545. The van der Waals surface area contributed by atoms with E-state index in [9.17, 15) is 8.42 Å². The van der Waals surface area contributed by atoms with Crippen molar-refractivity contribution in [2.75, 3.05) is 6.26 Å². The molecule has 1 unspecified atom stereocenters. The molecule has 108 valence electrons. The molecular formula is C11H13Cl4NO2S. The highest BCUT2D eigenvalue weighted by molar-refractivity contribution is 7.90. The lowest BCUT2D eigenvalue weighted by atomic mass is 10.1. The van der Waals surface area contributed by atoms with E-state index in [1.807, 2.05) is 6.92 Å². The van der Waals surface area contributed by atoms with Gasteiger partial charge in [0.2, 0.25) is 0 Å². The topological polar surface area (TPSA) is 47.0 Å². The summed E-state index contributed by atoms with van der Waals surface area (Å²) in [6.45, 7) is 1.97.